The van der Waals surface area contributed by atoms with Crippen LogP contribution in [0, 0.1) is 0 Å². The molecule has 112 valence electrons. The van der Waals surface area contributed by atoms with Gasteiger partial charge in [-0.15, -0.1) is 0 Å². The standard InChI is InChI=1S/C13H19ClNO4P/c14-12-6-4-11(5-7-12)3-1-2-8-13(15)9-18-20(16,17)19-10-13/h4-7H,1-3,8-10,15H2,(H,16,17). The maximum atomic E-state index is 11.1. The molecule has 20 heavy (non-hydrogen) atoms. The van der Waals surface area contributed by atoms with Crippen molar-refractivity contribution in [1.29, 1.82) is 0 Å². The van der Waals surface area contributed by atoms with E-state index in [2.05, 4.69) is 0 Å². The molecule has 0 aromatic heterocycles. The lowest BCUT2D eigenvalue weighted by Crippen LogP contribution is -2.50. The van der Waals surface area contributed by atoms with Gasteiger partial charge in [0.15, 0.2) is 0 Å². The van der Waals surface area contributed by atoms with Gasteiger partial charge in [-0.2, -0.15) is 0 Å². The average molecular weight is 320 g/mol. The van der Waals surface area contributed by atoms with Crippen molar-refractivity contribution in [2.24, 2.45) is 5.73 Å². The highest BCUT2D eigenvalue weighted by atomic mass is 35.5. The lowest BCUT2D eigenvalue weighted by molar-refractivity contribution is 0.0360. The summed E-state index contributed by atoms with van der Waals surface area (Å²) in [6, 6.07) is 7.77. The highest BCUT2D eigenvalue weighted by Crippen LogP contribution is 2.47. The Morgan fingerprint density at radius 3 is 2.45 bits per heavy atom. The molecule has 1 aliphatic heterocycles. The summed E-state index contributed by atoms with van der Waals surface area (Å²) in [6.07, 6.45) is 3.53. The topological polar surface area (TPSA) is 81.8 Å². The van der Waals surface area contributed by atoms with E-state index in [0.717, 1.165) is 24.3 Å². The number of hydrogen-bond donors (Lipinski definition) is 2. The minimum absolute atomic E-state index is 0.0573. The van der Waals surface area contributed by atoms with Crippen LogP contribution in [-0.4, -0.2) is 23.6 Å². The van der Waals surface area contributed by atoms with Crippen LogP contribution in [0.5, 0.6) is 0 Å². The van der Waals surface area contributed by atoms with Crippen LogP contribution in [0.15, 0.2) is 24.3 Å². The van der Waals surface area contributed by atoms with Crippen molar-refractivity contribution >= 4 is 19.4 Å². The number of rotatable bonds is 5. The van der Waals surface area contributed by atoms with Crippen LogP contribution in [0.1, 0.15) is 24.8 Å². The van der Waals surface area contributed by atoms with Crippen molar-refractivity contribution < 1.29 is 18.5 Å². The maximum Gasteiger partial charge on any atom is 0.472 e. The van der Waals surface area contributed by atoms with Crippen LogP contribution >= 0.6 is 19.4 Å². The molecule has 1 saturated heterocycles. The smallest absolute Gasteiger partial charge is 0.321 e. The number of nitrogens with two attached hydrogens (primary N) is 1. The Morgan fingerprint density at radius 1 is 1.25 bits per heavy atom. The second-order valence-corrected chi connectivity index (χ2v) is 7.10. The molecular weight excluding hydrogens is 301 g/mol. The van der Waals surface area contributed by atoms with Crippen molar-refractivity contribution in [3.05, 3.63) is 34.9 Å². The zero-order valence-electron chi connectivity index (χ0n) is 11.1. The van der Waals surface area contributed by atoms with Crippen molar-refractivity contribution in [2.45, 2.75) is 31.2 Å². The van der Waals surface area contributed by atoms with E-state index in [4.69, 9.17) is 31.3 Å². The van der Waals surface area contributed by atoms with Crippen LogP contribution < -0.4 is 5.73 Å². The molecule has 0 amide bonds. The fraction of sp³-hybridized carbons (Fsp3) is 0.538. The molecular formula is C13H19ClNO4P. The molecule has 3 N–H and O–H groups in total. The first-order chi connectivity index (χ1) is 9.39. The summed E-state index contributed by atoms with van der Waals surface area (Å²) >= 11 is 5.83. The summed E-state index contributed by atoms with van der Waals surface area (Å²) in [5.74, 6) is 0. The molecule has 1 heterocycles. The van der Waals surface area contributed by atoms with E-state index in [1.165, 1.54) is 5.56 Å². The SMILES string of the molecule is NC1(CCCCc2ccc(Cl)cc2)COP(=O)(O)OC1. The number of unbranched alkanes of at least 4 members (excludes halogenated alkanes) is 1. The first kappa shape index (κ1) is 16.0. The van der Waals surface area contributed by atoms with Gasteiger partial charge in [0, 0.05) is 5.02 Å². The van der Waals surface area contributed by atoms with Gasteiger partial charge in [-0.3, -0.25) is 9.05 Å². The van der Waals surface area contributed by atoms with Crippen molar-refractivity contribution in [3.63, 3.8) is 0 Å². The summed E-state index contributed by atoms with van der Waals surface area (Å²) < 4.78 is 20.6. The first-order valence-corrected chi connectivity index (χ1v) is 8.41. The molecule has 0 radical (unpaired) electrons. The number of phosphoric ester groups is 1. The summed E-state index contributed by atoms with van der Waals surface area (Å²) in [5, 5.41) is 0.736. The molecule has 1 aromatic rings. The molecule has 1 aliphatic rings. The highest BCUT2D eigenvalue weighted by Gasteiger charge is 2.38. The monoisotopic (exact) mass is 319 g/mol. The lowest BCUT2D eigenvalue weighted by Gasteiger charge is -2.34. The Morgan fingerprint density at radius 2 is 1.85 bits per heavy atom. The maximum absolute atomic E-state index is 11.1. The number of aryl methyl sites for hydroxylation is 1. The highest BCUT2D eigenvalue weighted by molar-refractivity contribution is 7.47. The second kappa shape index (κ2) is 6.56. The zero-order chi connectivity index (χ0) is 14.6. The fourth-order valence-electron chi connectivity index (χ4n) is 2.10. The largest absolute Gasteiger partial charge is 0.472 e. The Bertz CT molecular complexity index is 482. The van der Waals surface area contributed by atoms with Gasteiger partial charge >= 0.3 is 7.82 Å². The predicted octanol–water partition coefficient (Wildman–Crippen LogP) is 2.90. The lowest BCUT2D eigenvalue weighted by atomic mass is 9.94. The van der Waals surface area contributed by atoms with E-state index in [1.807, 2.05) is 24.3 Å². The second-order valence-electron chi connectivity index (χ2n) is 5.21. The Kier molecular flexibility index (Phi) is 5.24. The van der Waals surface area contributed by atoms with E-state index < -0.39 is 13.4 Å². The van der Waals surface area contributed by atoms with E-state index in [0.29, 0.717) is 6.42 Å². The van der Waals surface area contributed by atoms with Gasteiger partial charge in [-0.1, -0.05) is 30.2 Å². The van der Waals surface area contributed by atoms with E-state index >= 15 is 0 Å². The summed E-state index contributed by atoms with van der Waals surface area (Å²) in [4.78, 5) is 9.09. The molecule has 2 rings (SSSR count). The number of halogens is 1. The van der Waals surface area contributed by atoms with Gasteiger partial charge in [-0.25, -0.2) is 4.57 Å². The normalized spacial score (nSPS) is 30.4. The third kappa shape index (κ3) is 4.85. The van der Waals surface area contributed by atoms with Gasteiger partial charge < -0.3 is 10.6 Å². The van der Waals surface area contributed by atoms with Crippen LogP contribution in [0.3, 0.4) is 0 Å². The summed E-state index contributed by atoms with van der Waals surface area (Å²) in [6.45, 7) is 0.115. The molecule has 0 atom stereocenters. The minimum atomic E-state index is -3.85. The molecule has 0 aliphatic carbocycles. The predicted molar refractivity (Wildman–Crippen MR) is 77.7 cm³/mol. The van der Waals surface area contributed by atoms with Gasteiger partial charge in [0.1, 0.15) is 0 Å². The van der Waals surface area contributed by atoms with Gasteiger partial charge in [-0.05, 0) is 37.0 Å². The van der Waals surface area contributed by atoms with E-state index in [9.17, 15) is 4.57 Å². The van der Waals surface area contributed by atoms with Gasteiger partial charge in [0.25, 0.3) is 0 Å². The quantitative estimate of drug-likeness (QED) is 0.644. The first-order valence-electron chi connectivity index (χ1n) is 6.54. The van der Waals surface area contributed by atoms with E-state index in [-0.39, 0.29) is 13.2 Å². The molecule has 0 saturated carbocycles. The van der Waals surface area contributed by atoms with Gasteiger partial charge in [0.05, 0.1) is 18.8 Å². The summed E-state index contributed by atoms with van der Waals surface area (Å²) in [5.41, 5.74) is 6.64. The minimum Gasteiger partial charge on any atom is -0.321 e. The molecule has 0 bridgehead atoms. The van der Waals surface area contributed by atoms with Crippen molar-refractivity contribution in [1.82, 2.24) is 0 Å². The van der Waals surface area contributed by atoms with Crippen molar-refractivity contribution in [2.75, 3.05) is 13.2 Å². The van der Waals surface area contributed by atoms with Crippen LogP contribution in [0.4, 0.5) is 0 Å². The van der Waals surface area contributed by atoms with Gasteiger partial charge in [0.2, 0.25) is 0 Å². The zero-order valence-corrected chi connectivity index (χ0v) is 12.8. The molecule has 1 aromatic carbocycles. The van der Waals surface area contributed by atoms with E-state index in [1.54, 1.807) is 0 Å². The number of hydrogen-bond acceptors (Lipinski definition) is 4. The number of benzene rings is 1. The fourth-order valence-corrected chi connectivity index (χ4v) is 3.14. The van der Waals surface area contributed by atoms with Crippen LogP contribution in [0.25, 0.3) is 0 Å². The van der Waals surface area contributed by atoms with Crippen LogP contribution in [-0.2, 0) is 20.0 Å². The molecule has 0 unspecified atom stereocenters. The van der Waals surface area contributed by atoms with Crippen molar-refractivity contribution in [3.8, 4) is 0 Å². The molecule has 1 fully saturated rings. The third-order valence-electron chi connectivity index (χ3n) is 3.33. The molecule has 7 heteroatoms. The third-order valence-corrected chi connectivity index (χ3v) is 4.50. The number of phosphoric acid groups is 1. The Hall–Kier alpha value is -0.420. The molecule has 0 spiro atoms. The Labute approximate surface area is 123 Å². The Balaban J connectivity index is 1.70. The average Bonchev–Trinajstić information content (AvgIpc) is 2.41. The molecule has 5 nitrogen and oxygen atoms in total. The van der Waals surface area contributed by atoms with Crippen LogP contribution in [0.2, 0.25) is 5.02 Å². The summed E-state index contributed by atoms with van der Waals surface area (Å²) in [7, 11) is -3.85.